The highest BCUT2D eigenvalue weighted by molar-refractivity contribution is 6.28. The molecule has 1 aromatic heterocycles. The molecule has 1 N–H and O–H groups in total. The fraction of sp³-hybridized carbons (Fsp3) is 0.500. The van der Waals surface area contributed by atoms with E-state index < -0.39 is 0 Å². The van der Waals surface area contributed by atoms with E-state index in [1.54, 1.807) is 17.0 Å². The van der Waals surface area contributed by atoms with E-state index in [9.17, 15) is 4.79 Å². The molecule has 16 heavy (non-hydrogen) atoms. The number of hydrogen-bond acceptors (Lipinski definition) is 4. The molecular weight excluding hydrogens is 232 g/mol. The minimum atomic E-state index is -0.311. The molecule has 1 aromatic rings. The summed E-state index contributed by atoms with van der Waals surface area (Å²) < 4.78 is 10.2. The zero-order chi connectivity index (χ0) is 11.4. The number of halogens is 1. The van der Waals surface area contributed by atoms with Crippen molar-refractivity contribution in [3.63, 3.8) is 0 Å². The quantitative estimate of drug-likeness (QED) is 0.856. The van der Waals surface area contributed by atoms with Gasteiger partial charge in [-0.3, -0.25) is 0 Å². The van der Waals surface area contributed by atoms with Crippen molar-refractivity contribution in [3.8, 4) is 0 Å². The third-order valence-corrected chi connectivity index (χ3v) is 2.55. The molecule has 1 amide bonds. The summed E-state index contributed by atoms with van der Waals surface area (Å²) in [7, 11) is 0. The number of hydrogen-bond donors (Lipinski definition) is 1. The number of nitrogens with one attached hydrogen (secondary N) is 1. The summed E-state index contributed by atoms with van der Waals surface area (Å²) in [5, 5.41) is 3.46. The summed E-state index contributed by atoms with van der Waals surface area (Å²) in [4.78, 5) is 13.2. The molecule has 1 aliphatic heterocycles. The first kappa shape index (κ1) is 11.3. The number of piperazine rings is 1. The Morgan fingerprint density at radius 1 is 1.50 bits per heavy atom. The molecule has 88 valence electrons. The molecule has 2 rings (SSSR count). The van der Waals surface area contributed by atoms with Crippen LogP contribution in [0.15, 0.2) is 16.5 Å². The summed E-state index contributed by atoms with van der Waals surface area (Å²) in [6, 6.07) is 3.31. The van der Waals surface area contributed by atoms with Crippen molar-refractivity contribution in [3.05, 3.63) is 23.1 Å². The number of nitrogens with zero attached hydrogens (tertiary/aromatic N) is 1. The summed E-state index contributed by atoms with van der Waals surface area (Å²) in [6.45, 7) is 3.09. The lowest BCUT2D eigenvalue weighted by Crippen LogP contribution is -2.46. The van der Waals surface area contributed by atoms with Crippen LogP contribution >= 0.6 is 11.6 Å². The number of rotatable bonds is 2. The molecular formula is C10H13ClN2O3. The fourth-order valence-corrected chi connectivity index (χ4v) is 1.66. The molecule has 0 unspecified atom stereocenters. The Balaban J connectivity index is 1.78. The Morgan fingerprint density at radius 2 is 2.25 bits per heavy atom. The Morgan fingerprint density at radius 3 is 2.88 bits per heavy atom. The standard InChI is InChI=1S/C10H13ClN2O3/c11-9-2-1-8(16-9)7-15-10(14)13-5-3-12-4-6-13/h1-2,12H,3-7H2. The highest BCUT2D eigenvalue weighted by Crippen LogP contribution is 2.14. The Hall–Kier alpha value is -1.20. The number of carbonyl (C=O) groups is 1. The minimum Gasteiger partial charge on any atom is -0.446 e. The van der Waals surface area contributed by atoms with Gasteiger partial charge in [0.2, 0.25) is 0 Å². The topological polar surface area (TPSA) is 54.7 Å². The highest BCUT2D eigenvalue weighted by atomic mass is 35.5. The van der Waals surface area contributed by atoms with E-state index in [4.69, 9.17) is 20.8 Å². The van der Waals surface area contributed by atoms with Crippen molar-refractivity contribution >= 4 is 17.7 Å². The lowest BCUT2D eigenvalue weighted by Gasteiger charge is -2.26. The highest BCUT2D eigenvalue weighted by Gasteiger charge is 2.17. The summed E-state index contributed by atoms with van der Waals surface area (Å²) in [6.07, 6.45) is -0.311. The van der Waals surface area contributed by atoms with E-state index >= 15 is 0 Å². The van der Waals surface area contributed by atoms with Gasteiger partial charge in [-0.1, -0.05) is 0 Å². The maximum absolute atomic E-state index is 11.6. The van der Waals surface area contributed by atoms with Gasteiger partial charge in [0.15, 0.2) is 11.8 Å². The van der Waals surface area contributed by atoms with Crippen LogP contribution in [0.4, 0.5) is 4.79 Å². The molecule has 1 aliphatic rings. The zero-order valence-corrected chi connectivity index (χ0v) is 9.50. The first-order valence-corrected chi connectivity index (χ1v) is 5.50. The molecule has 0 radical (unpaired) electrons. The van der Waals surface area contributed by atoms with Crippen LogP contribution in [0.2, 0.25) is 5.22 Å². The molecule has 0 aliphatic carbocycles. The van der Waals surface area contributed by atoms with Crippen molar-refractivity contribution in [1.82, 2.24) is 10.2 Å². The van der Waals surface area contributed by atoms with E-state index in [1.807, 2.05) is 0 Å². The van der Waals surface area contributed by atoms with Gasteiger partial charge in [0.1, 0.15) is 5.76 Å². The van der Waals surface area contributed by atoms with Crippen LogP contribution < -0.4 is 5.32 Å². The average Bonchev–Trinajstić information content (AvgIpc) is 2.73. The number of ether oxygens (including phenoxy) is 1. The number of furan rings is 1. The van der Waals surface area contributed by atoms with E-state index in [0.29, 0.717) is 24.1 Å². The lowest BCUT2D eigenvalue weighted by atomic mass is 10.4. The van der Waals surface area contributed by atoms with E-state index in [-0.39, 0.29) is 12.7 Å². The van der Waals surface area contributed by atoms with E-state index in [2.05, 4.69) is 5.32 Å². The predicted octanol–water partition coefficient (Wildman–Crippen LogP) is 1.47. The van der Waals surface area contributed by atoms with Crippen LogP contribution in [0.1, 0.15) is 5.76 Å². The van der Waals surface area contributed by atoms with Crippen molar-refractivity contribution in [2.24, 2.45) is 0 Å². The molecule has 1 fully saturated rings. The zero-order valence-electron chi connectivity index (χ0n) is 8.74. The van der Waals surface area contributed by atoms with Gasteiger partial charge in [0, 0.05) is 26.2 Å². The second kappa shape index (κ2) is 5.23. The third kappa shape index (κ3) is 2.90. The van der Waals surface area contributed by atoms with Gasteiger partial charge in [0.05, 0.1) is 0 Å². The van der Waals surface area contributed by atoms with Gasteiger partial charge < -0.3 is 19.4 Å². The number of carbonyl (C=O) groups excluding carboxylic acids is 1. The normalized spacial score (nSPS) is 16.2. The maximum Gasteiger partial charge on any atom is 0.410 e. The SMILES string of the molecule is O=C(OCc1ccc(Cl)o1)N1CCNCC1. The molecule has 5 nitrogen and oxygen atoms in total. The van der Waals surface area contributed by atoms with Gasteiger partial charge in [-0.25, -0.2) is 4.79 Å². The van der Waals surface area contributed by atoms with Gasteiger partial charge in [-0.2, -0.15) is 0 Å². The molecule has 6 heteroatoms. The molecule has 0 saturated carbocycles. The first-order chi connectivity index (χ1) is 7.75. The largest absolute Gasteiger partial charge is 0.446 e. The van der Waals surface area contributed by atoms with Crippen LogP contribution in [0.3, 0.4) is 0 Å². The Labute approximate surface area is 98.3 Å². The van der Waals surface area contributed by atoms with Crippen LogP contribution in [0.5, 0.6) is 0 Å². The van der Waals surface area contributed by atoms with Crippen LogP contribution in [0, 0.1) is 0 Å². The van der Waals surface area contributed by atoms with Crippen LogP contribution in [0.25, 0.3) is 0 Å². The molecule has 0 atom stereocenters. The van der Waals surface area contributed by atoms with Gasteiger partial charge in [-0.15, -0.1) is 0 Å². The Bertz CT molecular complexity index is 361. The second-order valence-electron chi connectivity index (χ2n) is 3.50. The second-order valence-corrected chi connectivity index (χ2v) is 3.87. The summed E-state index contributed by atoms with van der Waals surface area (Å²) in [5.41, 5.74) is 0. The molecule has 2 heterocycles. The first-order valence-electron chi connectivity index (χ1n) is 5.12. The van der Waals surface area contributed by atoms with Gasteiger partial charge >= 0.3 is 6.09 Å². The van der Waals surface area contributed by atoms with Crippen LogP contribution in [-0.2, 0) is 11.3 Å². The van der Waals surface area contributed by atoms with Gasteiger partial charge in [-0.05, 0) is 23.7 Å². The Kier molecular flexibility index (Phi) is 3.69. The van der Waals surface area contributed by atoms with Crippen molar-refractivity contribution in [2.75, 3.05) is 26.2 Å². The van der Waals surface area contributed by atoms with E-state index in [1.165, 1.54) is 0 Å². The van der Waals surface area contributed by atoms with E-state index in [0.717, 1.165) is 13.1 Å². The fourth-order valence-electron chi connectivity index (χ4n) is 1.50. The third-order valence-electron chi connectivity index (χ3n) is 2.34. The smallest absolute Gasteiger partial charge is 0.410 e. The predicted molar refractivity (Wildman–Crippen MR) is 58.3 cm³/mol. The molecule has 1 saturated heterocycles. The van der Waals surface area contributed by atoms with Crippen molar-refractivity contribution < 1.29 is 13.9 Å². The maximum atomic E-state index is 11.6. The summed E-state index contributed by atoms with van der Waals surface area (Å²) in [5.74, 6) is 0.550. The number of amides is 1. The molecule has 0 aromatic carbocycles. The minimum absolute atomic E-state index is 0.121. The molecule has 0 spiro atoms. The van der Waals surface area contributed by atoms with Crippen molar-refractivity contribution in [2.45, 2.75) is 6.61 Å². The summed E-state index contributed by atoms with van der Waals surface area (Å²) >= 11 is 5.60. The van der Waals surface area contributed by atoms with Gasteiger partial charge in [0.25, 0.3) is 0 Å². The monoisotopic (exact) mass is 244 g/mol. The van der Waals surface area contributed by atoms with Crippen LogP contribution in [-0.4, -0.2) is 37.2 Å². The van der Waals surface area contributed by atoms with Crippen molar-refractivity contribution in [1.29, 1.82) is 0 Å². The molecule has 0 bridgehead atoms. The lowest BCUT2D eigenvalue weighted by molar-refractivity contribution is 0.0860. The average molecular weight is 245 g/mol.